The van der Waals surface area contributed by atoms with E-state index in [9.17, 15) is 9.59 Å². The molecule has 2 aromatic carbocycles. The molecule has 4 aromatic rings. The summed E-state index contributed by atoms with van der Waals surface area (Å²) in [6.07, 6.45) is 3.15. The largest absolute Gasteiger partial charge is 0.453 e. The van der Waals surface area contributed by atoms with Crippen molar-refractivity contribution >= 4 is 48.3 Å². The van der Waals surface area contributed by atoms with Gasteiger partial charge in [0, 0.05) is 33.9 Å². The number of aromatic nitrogens is 2. The van der Waals surface area contributed by atoms with Gasteiger partial charge in [-0.05, 0) is 76.4 Å². The van der Waals surface area contributed by atoms with Crippen molar-refractivity contribution in [3.05, 3.63) is 83.3 Å². The summed E-state index contributed by atoms with van der Waals surface area (Å²) < 4.78 is 7.40. The number of halogens is 1. The fourth-order valence-corrected chi connectivity index (χ4v) is 13.2. The Morgan fingerprint density at radius 3 is 2.23 bits per heavy atom. The summed E-state index contributed by atoms with van der Waals surface area (Å²) in [5, 5.41) is 4.08. The molecule has 0 aliphatic carbocycles. The van der Waals surface area contributed by atoms with E-state index in [2.05, 4.69) is 86.5 Å². The van der Waals surface area contributed by atoms with E-state index in [1.54, 1.807) is 18.2 Å². The van der Waals surface area contributed by atoms with Crippen LogP contribution < -0.4 is 5.32 Å². The first-order chi connectivity index (χ1) is 18.5. The molecular formula is C31H36ClN3O3Si. The zero-order chi connectivity index (χ0) is 28.5. The second kappa shape index (κ2) is 11.4. The minimum atomic E-state index is -1.99. The average Bonchev–Trinajstić information content (AvgIpc) is 3.32. The van der Waals surface area contributed by atoms with E-state index in [0.29, 0.717) is 33.4 Å². The van der Waals surface area contributed by atoms with Crippen molar-refractivity contribution in [2.24, 2.45) is 0 Å². The van der Waals surface area contributed by atoms with Crippen LogP contribution in [0, 0.1) is 0 Å². The van der Waals surface area contributed by atoms with Crippen LogP contribution in [0.2, 0.25) is 21.8 Å². The maximum Gasteiger partial charge on any atom is 0.411 e. The van der Waals surface area contributed by atoms with Crippen LogP contribution in [0.5, 0.6) is 0 Å². The number of hydrogen-bond donors (Lipinski definition) is 1. The smallest absolute Gasteiger partial charge is 0.411 e. The van der Waals surface area contributed by atoms with Gasteiger partial charge in [-0.2, -0.15) is 0 Å². The number of benzene rings is 2. The van der Waals surface area contributed by atoms with Gasteiger partial charge in [0.2, 0.25) is 0 Å². The molecule has 0 saturated carbocycles. The van der Waals surface area contributed by atoms with Crippen LogP contribution in [0.25, 0.3) is 22.0 Å². The Kier molecular flexibility index (Phi) is 8.33. The number of ether oxygens (including phenoxy) is 1. The number of nitrogens with zero attached hydrogens (tertiary/aromatic N) is 2. The van der Waals surface area contributed by atoms with Gasteiger partial charge in [-0.25, -0.2) is 9.78 Å². The van der Waals surface area contributed by atoms with Crippen molar-refractivity contribution in [1.29, 1.82) is 0 Å². The molecule has 0 atom stereocenters. The summed E-state index contributed by atoms with van der Waals surface area (Å²) >= 11 is 6.06. The summed E-state index contributed by atoms with van der Waals surface area (Å²) in [6.45, 7) is 14.1. The third kappa shape index (κ3) is 5.25. The number of pyridine rings is 1. The second-order valence-electron chi connectivity index (χ2n) is 10.9. The number of nitrogens with one attached hydrogen (secondary N) is 1. The Morgan fingerprint density at radius 2 is 1.62 bits per heavy atom. The Bertz CT molecular complexity index is 1510. The lowest BCUT2D eigenvalue weighted by atomic mass is 9.96. The Hall–Kier alpha value is -3.42. The Labute approximate surface area is 236 Å². The number of anilines is 1. The summed E-state index contributed by atoms with van der Waals surface area (Å²) in [7, 11) is -0.678. The molecule has 1 amide bonds. The quantitative estimate of drug-likeness (QED) is 0.132. The molecule has 0 aliphatic heterocycles. The third-order valence-electron chi connectivity index (χ3n) is 7.85. The first kappa shape index (κ1) is 28.6. The van der Waals surface area contributed by atoms with Crippen molar-refractivity contribution in [2.75, 3.05) is 12.4 Å². The number of methoxy groups -OCH3 is 1. The van der Waals surface area contributed by atoms with Gasteiger partial charge in [0.05, 0.1) is 7.11 Å². The van der Waals surface area contributed by atoms with Crippen LogP contribution in [0.15, 0.2) is 67.0 Å². The van der Waals surface area contributed by atoms with Crippen LogP contribution in [-0.4, -0.2) is 36.4 Å². The fraction of sp³-hybridized carbons (Fsp3) is 0.323. The van der Waals surface area contributed by atoms with Crippen molar-refractivity contribution in [2.45, 2.75) is 58.2 Å². The van der Waals surface area contributed by atoms with E-state index < -0.39 is 14.3 Å². The SMILES string of the molecule is COC(=O)Nc1cc(C(=O)c2ccnc(Cl)c2)cc(-c2cccc3c2ccn3[Si](C(C)C)(C(C)C)C(C)C)c1. The first-order valence-electron chi connectivity index (χ1n) is 13.3. The highest BCUT2D eigenvalue weighted by atomic mass is 35.5. The second-order valence-corrected chi connectivity index (χ2v) is 17.0. The van der Waals surface area contributed by atoms with Gasteiger partial charge in [0.1, 0.15) is 5.15 Å². The van der Waals surface area contributed by atoms with E-state index in [1.807, 2.05) is 12.1 Å². The number of ketones is 1. The molecule has 0 saturated heterocycles. The monoisotopic (exact) mass is 561 g/mol. The molecule has 2 heterocycles. The van der Waals surface area contributed by atoms with Crippen LogP contribution in [0.4, 0.5) is 10.5 Å². The first-order valence-corrected chi connectivity index (χ1v) is 15.8. The van der Waals surface area contributed by atoms with E-state index in [0.717, 1.165) is 16.5 Å². The molecule has 0 unspecified atom stereocenters. The summed E-state index contributed by atoms with van der Waals surface area (Å²) in [5.41, 5.74) is 5.93. The Morgan fingerprint density at radius 1 is 0.923 bits per heavy atom. The third-order valence-corrected chi connectivity index (χ3v) is 14.8. The number of amides is 1. The number of fused-ring (bicyclic) bond motifs is 1. The van der Waals surface area contributed by atoms with Crippen molar-refractivity contribution in [3.63, 3.8) is 0 Å². The molecule has 0 bridgehead atoms. The van der Waals surface area contributed by atoms with E-state index in [4.69, 9.17) is 16.3 Å². The molecule has 1 N–H and O–H groups in total. The summed E-state index contributed by atoms with van der Waals surface area (Å²) in [5.74, 6) is -0.218. The molecule has 0 radical (unpaired) electrons. The van der Waals surface area contributed by atoms with Gasteiger partial charge in [0.25, 0.3) is 0 Å². The highest BCUT2D eigenvalue weighted by Gasteiger charge is 2.45. The van der Waals surface area contributed by atoms with Gasteiger partial charge < -0.3 is 8.97 Å². The van der Waals surface area contributed by atoms with E-state index >= 15 is 0 Å². The van der Waals surface area contributed by atoms with Crippen molar-refractivity contribution in [1.82, 2.24) is 9.22 Å². The van der Waals surface area contributed by atoms with Gasteiger partial charge >= 0.3 is 6.09 Å². The van der Waals surface area contributed by atoms with Gasteiger partial charge in [-0.1, -0.05) is 65.3 Å². The highest BCUT2D eigenvalue weighted by Crippen LogP contribution is 2.45. The normalized spacial score (nSPS) is 12.0. The van der Waals surface area contributed by atoms with Crippen LogP contribution >= 0.6 is 11.6 Å². The average molecular weight is 562 g/mol. The maximum atomic E-state index is 13.5. The lowest BCUT2D eigenvalue weighted by Crippen LogP contribution is -2.51. The van der Waals surface area contributed by atoms with E-state index in [1.165, 1.54) is 18.8 Å². The molecule has 6 nitrogen and oxygen atoms in total. The summed E-state index contributed by atoms with van der Waals surface area (Å²) in [4.78, 5) is 29.6. The van der Waals surface area contributed by atoms with Crippen molar-refractivity contribution < 1.29 is 14.3 Å². The standard InChI is InChI=1S/C31H36ClN3O3Si/c1-19(2)39(20(3)4,21(5)6)35-14-12-27-26(9-8-10-28(27)35)23-15-24(17-25(16-23)34-31(37)38-7)30(36)22-11-13-33-29(32)18-22/h8-21H,1-7H3,(H,34,37). The molecule has 8 heteroatoms. The predicted octanol–water partition coefficient (Wildman–Crippen LogP) is 8.79. The van der Waals surface area contributed by atoms with Crippen LogP contribution in [0.3, 0.4) is 0 Å². The molecular weight excluding hydrogens is 526 g/mol. The topological polar surface area (TPSA) is 73.2 Å². The molecule has 39 heavy (non-hydrogen) atoms. The van der Waals surface area contributed by atoms with E-state index in [-0.39, 0.29) is 10.9 Å². The number of carbonyl (C=O) groups is 2. The maximum absolute atomic E-state index is 13.5. The Balaban J connectivity index is 1.93. The number of carbonyl (C=O) groups excluding carboxylic acids is 2. The van der Waals surface area contributed by atoms with Gasteiger partial charge in [-0.15, -0.1) is 0 Å². The molecule has 4 rings (SSSR count). The molecule has 0 spiro atoms. The predicted molar refractivity (Wildman–Crippen MR) is 163 cm³/mol. The van der Waals surface area contributed by atoms with Gasteiger partial charge in [-0.3, -0.25) is 10.1 Å². The zero-order valence-corrected chi connectivity index (χ0v) is 25.3. The number of rotatable bonds is 8. The summed E-state index contributed by atoms with van der Waals surface area (Å²) in [6, 6.07) is 17.1. The lowest BCUT2D eigenvalue weighted by molar-refractivity contribution is 0.103. The van der Waals surface area contributed by atoms with Gasteiger partial charge in [0.15, 0.2) is 14.0 Å². The number of hydrogen-bond acceptors (Lipinski definition) is 4. The van der Waals surface area contributed by atoms with Crippen molar-refractivity contribution in [3.8, 4) is 11.1 Å². The molecule has 2 aromatic heterocycles. The lowest BCUT2D eigenvalue weighted by Gasteiger charge is -2.44. The minimum Gasteiger partial charge on any atom is -0.453 e. The zero-order valence-electron chi connectivity index (χ0n) is 23.6. The van der Waals surface area contributed by atoms with Crippen LogP contribution in [0.1, 0.15) is 57.5 Å². The highest BCUT2D eigenvalue weighted by molar-refractivity contribution is 6.82. The molecule has 0 fully saturated rings. The minimum absolute atomic E-state index is 0.218. The molecule has 0 aliphatic rings. The fourth-order valence-electron chi connectivity index (χ4n) is 6.46. The van der Waals surface area contributed by atoms with Crippen LogP contribution in [-0.2, 0) is 4.74 Å². The molecule has 204 valence electrons.